The fourth-order valence-electron chi connectivity index (χ4n) is 2.45. The topological polar surface area (TPSA) is 116 Å². The van der Waals surface area contributed by atoms with Gasteiger partial charge in [0.2, 0.25) is 10.0 Å². The zero-order valence-electron chi connectivity index (χ0n) is 16.5. The average molecular weight is 420 g/mol. The van der Waals surface area contributed by atoms with Gasteiger partial charge in [0.15, 0.2) is 0 Å². The summed E-state index contributed by atoms with van der Waals surface area (Å²) in [6, 6.07) is 12.3. The number of benzene rings is 2. The molecule has 0 atom stereocenters. The van der Waals surface area contributed by atoms with Crippen LogP contribution in [0.2, 0.25) is 0 Å². The third-order valence-corrected chi connectivity index (χ3v) is 5.68. The summed E-state index contributed by atoms with van der Waals surface area (Å²) in [5.41, 5.74) is 1.49. The van der Waals surface area contributed by atoms with Crippen molar-refractivity contribution in [3.8, 4) is 0 Å². The smallest absolute Gasteiger partial charge is 0.307 e. The van der Waals surface area contributed by atoms with Crippen LogP contribution in [0.4, 0.5) is 5.69 Å². The first-order valence-corrected chi connectivity index (χ1v) is 10.5. The lowest BCUT2D eigenvalue weighted by atomic mass is 9.87. The highest BCUT2D eigenvalue weighted by Gasteiger charge is 2.18. The van der Waals surface area contributed by atoms with Gasteiger partial charge >= 0.3 is 5.97 Å². The number of hydrogen-bond donors (Lipinski definition) is 1. The first kappa shape index (κ1) is 22.5. The van der Waals surface area contributed by atoms with E-state index in [2.05, 4.69) is 4.72 Å². The van der Waals surface area contributed by atoms with E-state index >= 15 is 0 Å². The normalized spacial score (nSPS) is 11.8. The summed E-state index contributed by atoms with van der Waals surface area (Å²) in [6.07, 6.45) is -0.133. The molecule has 9 heteroatoms. The Morgan fingerprint density at radius 2 is 1.66 bits per heavy atom. The Balaban J connectivity index is 1.82. The molecule has 0 fully saturated rings. The molecule has 0 aliphatic heterocycles. The van der Waals surface area contributed by atoms with Crippen molar-refractivity contribution in [1.29, 1.82) is 0 Å². The van der Waals surface area contributed by atoms with Gasteiger partial charge in [-0.2, -0.15) is 0 Å². The highest BCUT2D eigenvalue weighted by Crippen LogP contribution is 2.23. The highest BCUT2D eigenvalue weighted by molar-refractivity contribution is 7.89. The maximum atomic E-state index is 12.3. The molecule has 0 bridgehead atoms. The number of nitro groups is 1. The van der Waals surface area contributed by atoms with Crippen LogP contribution < -0.4 is 4.72 Å². The largest absolute Gasteiger partial charge is 0.461 e. The number of sulfonamides is 1. The van der Waals surface area contributed by atoms with Crippen LogP contribution in [0, 0.1) is 10.1 Å². The van der Waals surface area contributed by atoms with E-state index in [0.717, 1.165) is 5.56 Å². The van der Waals surface area contributed by atoms with E-state index in [1.54, 1.807) is 12.1 Å². The lowest BCUT2D eigenvalue weighted by molar-refractivity contribution is -0.384. The molecule has 2 rings (SSSR count). The van der Waals surface area contributed by atoms with E-state index in [1.807, 2.05) is 20.8 Å². The van der Waals surface area contributed by atoms with Crippen LogP contribution in [0.5, 0.6) is 0 Å². The molecule has 29 heavy (non-hydrogen) atoms. The number of hydrogen-bond acceptors (Lipinski definition) is 6. The fraction of sp³-hybridized carbons (Fsp3) is 0.350. The number of non-ortho nitro benzene ring substituents is 1. The molecule has 0 spiro atoms. The van der Waals surface area contributed by atoms with Gasteiger partial charge in [0.1, 0.15) is 6.61 Å². The fourth-order valence-corrected chi connectivity index (χ4v) is 3.49. The van der Waals surface area contributed by atoms with Crippen LogP contribution in [0.3, 0.4) is 0 Å². The molecule has 8 nitrogen and oxygen atoms in total. The van der Waals surface area contributed by atoms with Crippen LogP contribution >= 0.6 is 0 Å². The number of ether oxygens (including phenoxy) is 1. The summed E-state index contributed by atoms with van der Waals surface area (Å²) in [7, 11) is -3.72. The highest BCUT2D eigenvalue weighted by atomic mass is 32.2. The number of nitro benzene ring substituents is 1. The average Bonchev–Trinajstić information content (AvgIpc) is 2.66. The van der Waals surface area contributed by atoms with Crippen molar-refractivity contribution < 1.29 is 22.9 Å². The minimum atomic E-state index is -3.72. The van der Waals surface area contributed by atoms with Gasteiger partial charge in [-0.25, -0.2) is 13.1 Å². The predicted octanol–water partition coefficient (Wildman–Crippen LogP) is 3.30. The molecule has 0 amide bonds. The summed E-state index contributed by atoms with van der Waals surface area (Å²) >= 11 is 0. The second kappa shape index (κ2) is 9.15. The number of rotatable bonds is 8. The molecule has 1 N–H and O–H groups in total. The zero-order valence-corrected chi connectivity index (χ0v) is 17.4. The van der Waals surface area contributed by atoms with Crippen molar-refractivity contribution in [3.63, 3.8) is 0 Å². The van der Waals surface area contributed by atoms with Crippen LogP contribution in [-0.4, -0.2) is 25.9 Å². The van der Waals surface area contributed by atoms with Gasteiger partial charge in [-0.3, -0.25) is 14.9 Å². The number of nitrogens with one attached hydrogen (secondary N) is 1. The molecular formula is C20H24N2O6S. The Hall–Kier alpha value is -2.78. The molecule has 0 unspecified atom stereocenters. The van der Waals surface area contributed by atoms with Crippen molar-refractivity contribution in [2.24, 2.45) is 0 Å². The molecule has 0 aliphatic rings. The molecule has 0 saturated heterocycles. The van der Waals surface area contributed by atoms with Gasteiger partial charge in [-0.05, 0) is 40.8 Å². The van der Waals surface area contributed by atoms with Gasteiger partial charge in [0.05, 0.1) is 16.2 Å². The maximum Gasteiger partial charge on any atom is 0.307 e. The predicted molar refractivity (Wildman–Crippen MR) is 108 cm³/mol. The molecule has 156 valence electrons. The van der Waals surface area contributed by atoms with E-state index in [0.29, 0.717) is 5.56 Å². The van der Waals surface area contributed by atoms with Crippen LogP contribution in [0.1, 0.15) is 38.3 Å². The Labute approximate surface area is 170 Å². The molecule has 0 heterocycles. The second-order valence-corrected chi connectivity index (χ2v) is 9.27. The van der Waals surface area contributed by atoms with Crippen molar-refractivity contribution >= 4 is 21.7 Å². The first-order chi connectivity index (χ1) is 13.5. The SMILES string of the molecule is CC(C)(C)c1ccc(S(=O)(=O)NCCC(=O)OCc2ccc([N+](=O)[O-])cc2)cc1. The van der Waals surface area contributed by atoms with Crippen molar-refractivity contribution in [2.75, 3.05) is 6.54 Å². The molecule has 2 aromatic rings. The van der Waals surface area contributed by atoms with Gasteiger partial charge in [-0.1, -0.05) is 32.9 Å². The second-order valence-electron chi connectivity index (χ2n) is 7.51. The molecule has 0 saturated carbocycles. The lowest BCUT2D eigenvalue weighted by Gasteiger charge is -2.19. The number of carbonyl (C=O) groups is 1. The number of carbonyl (C=O) groups excluding carboxylic acids is 1. The Kier molecular flexibility index (Phi) is 7.10. The summed E-state index contributed by atoms with van der Waals surface area (Å²) in [5.74, 6) is -0.575. The van der Waals surface area contributed by atoms with E-state index in [1.165, 1.54) is 36.4 Å². The first-order valence-electron chi connectivity index (χ1n) is 8.98. The monoisotopic (exact) mass is 420 g/mol. The van der Waals surface area contributed by atoms with Crippen molar-refractivity contribution in [3.05, 3.63) is 69.8 Å². The minimum absolute atomic E-state index is 0.0438. The molecule has 0 aliphatic carbocycles. The Morgan fingerprint density at radius 3 is 2.17 bits per heavy atom. The van der Waals surface area contributed by atoms with E-state index in [-0.39, 0.29) is 35.6 Å². The summed E-state index contributed by atoms with van der Waals surface area (Å²) in [5, 5.41) is 10.6. The Morgan fingerprint density at radius 1 is 1.07 bits per heavy atom. The third-order valence-electron chi connectivity index (χ3n) is 4.20. The van der Waals surface area contributed by atoms with Crippen molar-refractivity contribution in [1.82, 2.24) is 4.72 Å². The number of nitrogens with zero attached hydrogens (tertiary/aromatic N) is 1. The van der Waals surface area contributed by atoms with Crippen molar-refractivity contribution in [2.45, 2.75) is 44.1 Å². The quantitative estimate of drug-likeness (QED) is 0.398. The summed E-state index contributed by atoms with van der Waals surface area (Å²) in [6.45, 7) is 5.98. The van der Waals surface area contributed by atoms with E-state index in [9.17, 15) is 23.3 Å². The maximum absolute atomic E-state index is 12.3. The lowest BCUT2D eigenvalue weighted by Crippen LogP contribution is -2.27. The molecule has 0 aromatic heterocycles. The van der Waals surface area contributed by atoms with Gasteiger partial charge in [0, 0.05) is 18.7 Å². The minimum Gasteiger partial charge on any atom is -0.461 e. The zero-order chi connectivity index (χ0) is 21.7. The number of esters is 1. The van der Waals surface area contributed by atoms with Gasteiger partial charge < -0.3 is 4.74 Å². The molecule has 0 radical (unpaired) electrons. The third kappa shape index (κ3) is 6.65. The summed E-state index contributed by atoms with van der Waals surface area (Å²) < 4.78 is 32.1. The van der Waals surface area contributed by atoms with Gasteiger partial charge in [-0.15, -0.1) is 0 Å². The van der Waals surface area contributed by atoms with Crippen LogP contribution in [-0.2, 0) is 31.6 Å². The Bertz CT molecular complexity index is 962. The molecular weight excluding hydrogens is 396 g/mol. The van der Waals surface area contributed by atoms with Crippen LogP contribution in [0.15, 0.2) is 53.4 Å². The van der Waals surface area contributed by atoms with Crippen LogP contribution in [0.25, 0.3) is 0 Å². The van der Waals surface area contributed by atoms with Gasteiger partial charge in [0.25, 0.3) is 5.69 Å². The molecule has 2 aromatic carbocycles. The standard InChI is InChI=1S/C20H24N2O6S/c1-20(2,3)16-6-10-18(11-7-16)29(26,27)21-13-12-19(23)28-14-15-4-8-17(9-5-15)22(24)25/h4-11,21H,12-14H2,1-3H3. The van der Waals surface area contributed by atoms with E-state index < -0.39 is 20.9 Å². The summed E-state index contributed by atoms with van der Waals surface area (Å²) in [4.78, 5) is 22.0. The van der Waals surface area contributed by atoms with E-state index in [4.69, 9.17) is 4.74 Å².